The second kappa shape index (κ2) is 5.45. The molecule has 0 bridgehead atoms. The number of hydrogen-bond donors (Lipinski definition) is 1. The van der Waals surface area contributed by atoms with E-state index >= 15 is 0 Å². The summed E-state index contributed by atoms with van der Waals surface area (Å²) < 4.78 is 26.3. The summed E-state index contributed by atoms with van der Waals surface area (Å²) in [5, 5.41) is 10.1. The Kier molecular flexibility index (Phi) is 3.90. The lowest BCUT2D eigenvalue weighted by atomic mass is 10.00. The Bertz CT molecular complexity index is 599. The van der Waals surface area contributed by atoms with Gasteiger partial charge in [0.15, 0.2) is 0 Å². The van der Waals surface area contributed by atoms with Gasteiger partial charge in [0, 0.05) is 29.4 Å². The number of nitrogens with zero attached hydrogens (tertiary/aromatic N) is 1. The zero-order chi connectivity index (χ0) is 14.0. The van der Waals surface area contributed by atoms with Crippen LogP contribution in [0.4, 0.5) is 8.78 Å². The molecule has 0 radical (unpaired) electrons. The maximum absolute atomic E-state index is 13.5. The average molecular weight is 263 g/mol. The maximum Gasteiger partial charge on any atom is 0.129 e. The van der Waals surface area contributed by atoms with Crippen molar-refractivity contribution in [2.75, 3.05) is 0 Å². The van der Waals surface area contributed by atoms with E-state index in [9.17, 15) is 13.9 Å². The van der Waals surface area contributed by atoms with Crippen LogP contribution in [0.15, 0.2) is 30.3 Å². The van der Waals surface area contributed by atoms with E-state index in [0.717, 1.165) is 17.5 Å². The number of benzene rings is 1. The number of aliphatic hydroxyl groups excluding tert-OH is 1. The van der Waals surface area contributed by atoms with Crippen LogP contribution < -0.4 is 0 Å². The van der Waals surface area contributed by atoms with Crippen LogP contribution in [-0.4, -0.2) is 10.1 Å². The fraction of sp³-hybridized carbons (Fsp3) is 0.267. The topological polar surface area (TPSA) is 33.1 Å². The Balaban J connectivity index is 2.23. The van der Waals surface area contributed by atoms with E-state index in [1.54, 1.807) is 19.1 Å². The van der Waals surface area contributed by atoms with Crippen LogP contribution in [0.25, 0.3) is 0 Å². The second-order valence-electron chi connectivity index (χ2n) is 4.58. The SMILES string of the molecule is Cc1ccc(C(O)Cc2ccc(F)cc2F)c(C)n1. The van der Waals surface area contributed by atoms with Gasteiger partial charge in [-0.25, -0.2) is 8.78 Å². The fourth-order valence-electron chi connectivity index (χ4n) is 2.06. The lowest BCUT2D eigenvalue weighted by Gasteiger charge is -2.14. The largest absolute Gasteiger partial charge is 0.388 e. The van der Waals surface area contributed by atoms with Crippen LogP contribution in [0, 0.1) is 25.5 Å². The van der Waals surface area contributed by atoms with E-state index in [1.165, 1.54) is 12.1 Å². The molecule has 0 amide bonds. The number of rotatable bonds is 3. The lowest BCUT2D eigenvalue weighted by molar-refractivity contribution is 0.176. The van der Waals surface area contributed by atoms with Crippen LogP contribution in [0.2, 0.25) is 0 Å². The molecule has 0 aliphatic carbocycles. The van der Waals surface area contributed by atoms with Gasteiger partial charge in [0.05, 0.1) is 6.10 Å². The molecule has 1 atom stereocenters. The Morgan fingerprint density at radius 2 is 1.89 bits per heavy atom. The molecule has 0 fully saturated rings. The van der Waals surface area contributed by atoms with E-state index in [2.05, 4.69) is 4.98 Å². The van der Waals surface area contributed by atoms with Crippen molar-refractivity contribution in [3.63, 3.8) is 0 Å². The molecule has 1 N–H and O–H groups in total. The molecule has 0 spiro atoms. The second-order valence-corrected chi connectivity index (χ2v) is 4.58. The molecule has 1 aromatic heterocycles. The summed E-state index contributed by atoms with van der Waals surface area (Å²) in [6, 6.07) is 6.94. The number of aliphatic hydroxyl groups is 1. The molecule has 1 unspecified atom stereocenters. The fourth-order valence-corrected chi connectivity index (χ4v) is 2.06. The molecule has 2 nitrogen and oxygen atoms in total. The molecular formula is C15H15F2NO. The third-order valence-corrected chi connectivity index (χ3v) is 3.05. The minimum absolute atomic E-state index is 0.0949. The summed E-state index contributed by atoms with van der Waals surface area (Å²) in [6.07, 6.45) is -0.759. The number of hydrogen-bond acceptors (Lipinski definition) is 2. The lowest BCUT2D eigenvalue weighted by Crippen LogP contribution is -2.07. The Morgan fingerprint density at radius 1 is 1.16 bits per heavy atom. The number of pyridine rings is 1. The Labute approximate surface area is 110 Å². The van der Waals surface area contributed by atoms with Gasteiger partial charge in [0.1, 0.15) is 11.6 Å². The van der Waals surface area contributed by atoms with Crippen molar-refractivity contribution in [1.82, 2.24) is 4.98 Å². The number of halogens is 2. The summed E-state index contributed by atoms with van der Waals surface area (Å²) in [7, 11) is 0. The molecule has 2 aromatic rings. The van der Waals surface area contributed by atoms with Crippen LogP contribution in [0.5, 0.6) is 0 Å². The standard InChI is InChI=1S/C15H15F2NO/c1-9-3-6-13(10(2)18-9)15(19)7-11-4-5-12(16)8-14(11)17/h3-6,8,15,19H,7H2,1-2H3. The third kappa shape index (κ3) is 3.15. The van der Waals surface area contributed by atoms with Gasteiger partial charge in [-0.05, 0) is 31.5 Å². The molecule has 2 rings (SSSR count). The number of aryl methyl sites for hydroxylation is 2. The summed E-state index contributed by atoms with van der Waals surface area (Å²) in [6.45, 7) is 3.66. The molecule has 100 valence electrons. The summed E-state index contributed by atoms with van der Waals surface area (Å²) in [5.74, 6) is -1.26. The molecule has 19 heavy (non-hydrogen) atoms. The van der Waals surface area contributed by atoms with Crippen molar-refractivity contribution >= 4 is 0 Å². The normalized spacial score (nSPS) is 12.5. The summed E-state index contributed by atoms with van der Waals surface area (Å²) in [4.78, 5) is 4.26. The van der Waals surface area contributed by atoms with Gasteiger partial charge in [-0.3, -0.25) is 4.98 Å². The van der Waals surface area contributed by atoms with E-state index in [-0.39, 0.29) is 12.0 Å². The third-order valence-electron chi connectivity index (χ3n) is 3.05. The van der Waals surface area contributed by atoms with Gasteiger partial charge in [-0.2, -0.15) is 0 Å². The van der Waals surface area contributed by atoms with Crippen LogP contribution in [0.3, 0.4) is 0 Å². The molecule has 4 heteroatoms. The highest BCUT2D eigenvalue weighted by atomic mass is 19.1. The molecule has 0 saturated heterocycles. The van der Waals surface area contributed by atoms with Crippen molar-refractivity contribution in [3.05, 3.63) is 64.5 Å². The maximum atomic E-state index is 13.5. The predicted octanol–water partition coefficient (Wildman–Crippen LogP) is 3.25. The molecule has 0 aliphatic rings. The van der Waals surface area contributed by atoms with E-state index in [0.29, 0.717) is 5.56 Å². The summed E-state index contributed by atoms with van der Waals surface area (Å²) in [5.41, 5.74) is 2.53. The molecule has 1 aromatic carbocycles. The summed E-state index contributed by atoms with van der Waals surface area (Å²) >= 11 is 0. The van der Waals surface area contributed by atoms with Crippen LogP contribution in [-0.2, 0) is 6.42 Å². The van der Waals surface area contributed by atoms with Gasteiger partial charge in [0.25, 0.3) is 0 Å². The smallest absolute Gasteiger partial charge is 0.129 e. The quantitative estimate of drug-likeness (QED) is 0.922. The van der Waals surface area contributed by atoms with Crippen molar-refractivity contribution in [3.8, 4) is 0 Å². The average Bonchev–Trinajstić information content (AvgIpc) is 2.32. The van der Waals surface area contributed by atoms with Gasteiger partial charge in [-0.1, -0.05) is 12.1 Å². The first-order valence-corrected chi connectivity index (χ1v) is 6.03. The van der Waals surface area contributed by atoms with Crippen LogP contribution in [0.1, 0.15) is 28.6 Å². The van der Waals surface area contributed by atoms with Gasteiger partial charge >= 0.3 is 0 Å². The molecule has 1 heterocycles. The van der Waals surface area contributed by atoms with Crippen molar-refractivity contribution in [2.24, 2.45) is 0 Å². The van der Waals surface area contributed by atoms with Crippen LogP contribution >= 0.6 is 0 Å². The zero-order valence-electron chi connectivity index (χ0n) is 10.8. The van der Waals surface area contributed by atoms with Gasteiger partial charge in [-0.15, -0.1) is 0 Å². The highest BCUT2D eigenvalue weighted by Crippen LogP contribution is 2.22. The monoisotopic (exact) mass is 263 g/mol. The molecule has 0 aliphatic heterocycles. The Hall–Kier alpha value is -1.81. The minimum Gasteiger partial charge on any atom is -0.388 e. The predicted molar refractivity (Wildman–Crippen MR) is 68.7 cm³/mol. The first kappa shape index (κ1) is 13.6. The first-order valence-electron chi connectivity index (χ1n) is 6.03. The van der Waals surface area contributed by atoms with E-state index in [1.807, 2.05) is 6.92 Å². The van der Waals surface area contributed by atoms with Gasteiger partial charge in [0.2, 0.25) is 0 Å². The minimum atomic E-state index is -0.854. The van der Waals surface area contributed by atoms with Crippen molar-refractivity contribution < 1.29 is 13.9 Å². The first-order chi connectivity index (χ1) is 8.97. The van der Waals surface area contributed by atoms with E-state index < -0.39 is 17.7 Å². The van der Waals surface area contributed by atoms with E-state index in [4.69, 9.17) is 0 Å². The zero-order valence-corrected chi connectivity index (χ0v) is 10.8. The van der Waals surface area contributed by atoms with Gasteiger partial charge < -0.3 is 5.11 Å². The van der Waals surface area contributed by atoms with Crippen molar-refractivity contribution in [2.45, 2.75) is 26.4 Å². The highest BCUT2D eigenvalue weighted by molar-refractivity contribution is 5.27. The Morgan fingerprint density at radius 3 is 2.53 bits per heavy atom. The number of aromatic nitrogens is 1. The molecule has 0 saturated carbocycles. The van der Waals surface area contributed by atoms with Crippen molar-refractivity contribution in [1.29, 1.82) is 0 Å². The molecular weight excluding hydrogens is 248 g/mol. The highest BCUT2D eigenvalue weighted by Gasteiger charge is 2.14.